The van der Waals surface area contributed by atoms with Gasteiger partial charge in [-0.25, -0.2) is 4.98 Å². The van der Waals surface area contributed by atoms with E-state index in [-0.39, 0.29) is 11.9 Å². The summed E-state index contributed by atoms with van der Waals surface area (Å²) in [7, 11) is 0. The molecule has 1 aliphatic heterocycles. The van der Waals surface area contributed by atoms with E-state index in [1.807, 2.05) is 42.2 Å². The van der Waals surface area contributed by atoms with Crippen molar-refractivity contribution in [1.29, 1.82) is 0 Å². The molecule has 1 fully saturated rings. The van der Waals surface area contributed by atoms with E-state index in [1.165, 1.54) is 11.3 Å². The average molecular weight is 340 g/mol. The molecule has 0 aliphatic carbocycles. The number of carbonyl (C=O) groups is 1. The smallest absolute Gasteiger partial charge is 0.266 e. The Morgan fingerprint density at radius 2 is 2.17 bits per heavy atom. The van der Waals surface area contributed by atoms with Gasteiger partial charge in [-0.15, -0.1) is 11.3 Å². The van der Waals surface area contributed by atoms with Gasteiger partial charge in [0.2, 0.25) is 11.7 Å². The molecule has 0 spiro atoms. The summed E-state index contributed by atoms with van der Waals surface area (Å²) < 4.78 is 5.46. The molecule has 7 heteroatoms. The van der Waals surface area contributed by atoms with Crippen molar-refractivity contribution in [3.63, 3.8) is 0 Å². The van der Waals surface area contributed by atoms with E-state index in [0.717, 1.165) is 23.4 Å². The Morgan fingerprint density at radius 3 is 2.92 bits per heavy atom. The zero-order chi connectivity index (χ0) is 16.5. The molecular weight excluding hydrogens is 324 g/mol. The molecule has 0 radical (unpaired) electrons. The van der Waals surface area contributed by atoms with Gasteiger partial charge in [0.15, 0.2) is 0 Å². The number of carbonyl (C=O) groups excluding carboxylic acids is 1. The van der Waals surface area contributed by atoms with E-state index in [1.54, 1.807) is 6.20 Å². The Morgan fingerprint density at radius 1 is 1.33 bits per heavy atom. The number of hydrogen-bond acceptors (Lipinski definition) is 6. The van der Waals surface area contributed by atoms with E-state index in [9.17, 15) is 4.79 Å². The Kier molecular flexibility index (Phi) is 3.86. The van der Waals surface area contributed by atoms with Crippen LogP contribution in [0.1, 0.15) is 39.5 Å². The lowest BCUT2D eigenvalue weighted by molar-refractivity contribution is 0.0715. The number of aromatic nitrogens is 3. The highest BCUT2D eigenvalue weighted by atomic mass is 32.1. The third kappa shape index (κ3) is 2.71. The largest absolute Gasteiger partial charge is 0.337 e. The SMILES string of the molecule is Cc1ncc(C(=O)N2CCCC2c2nc(-c3ccccc3)no2)s1. The summed E-state index contributed by atoms with van der Waals surface area (Å²) in [6.07, 6.45) is 3.40. The van der Waals surface area contributed by atoms with Crippen LogP contribution >= 0.6 is 11.3 Å². The second-order valence-electron chi connectivity index (χ2n) is 5.72. The molecule has 24 heavy (non-hydrogen) atoms. The van der Waals surface area contributed by atoms with Crippen molar-refractivity contribution in [2.24, 2.45) is 0 Å². The maximum Gasteiger partial charge on any atom is 0.266 e. The van der Waals surface area contributed by atoms with Crippen molar-refractivity contribution in [2.75, 3.05) is 6.54 Å². The zero-order valence-electron chi connectivity index (χ0n) is 13.2. The number of thiazole rings is 1. The summed E-state index contributed by atoms with van der Waals surface area (Å²) in [5, 5.41) is 4.96. The molecule has 1 atom stereocenters. The van der Waals surface area contributed by atoms with Gasteiger partial charge < -0.3 is 9.42 Å². The first-order valence-electron chi connectivity index (χ1n) is 7.85. The zero-order valence-corrected chi connectivity index (χ0v) is 14.0. The Labute approximate surface area is 143 Å². The van der Waals surface area contributed by atoms with Gasteiger partial charge in [0.05, 0.1) is 11.2 Å². The van der Waals surface area contributed by atoms with Crippen LogP contribution in [0, 0.1) is 6.92 Å². The number of hydrogen-bond donors (Lipinski definition) is 0. The van der Waals surface area contributed by atoms with E-state index in [2.05, 4.69) is 15.1 Å². The molecule has 6 nitrogen and oxygen atoms in total. The van der Waals surface area contributed by atoms with Crippen LogP contribution in [0.2, 0.25) is 0 Å². The van der Waals surface area contributed by atoms with Gasteiger partial charge in [-0.05, 0) is 19.8 Å². The minimum Gasteiger partial charge on any atom is -0.337 e. The Balaban J connectivity index is 1.59. The van der Waals surface area contributed by atoms with E-state index >= 15 is 0 Å². The standard InChI is InChI=1S/C17H16N4O2S/c1-11-18-10-14(24-11)17(22)21-9-5-8-13(21)16-19-15(20-23-16)12-6-3-2-4-7-12/h2-4,6-7,10,13H,5,8-9H2,1H3. The molecule has 1 saturated heterocycles. The second kappa shape index (κ2) is 6.16. The highest BCUT2D eigenvalue weighted by Gasteiger charge is 2.35. The summed E-state index contributed by atoms with van der Waals surface area (Å²) >= 11 is 1.41. The fourth-order valence-electron chi connectivity index (χ4n) is 2.94. The summed E-state index contributed by atoms with van der Waals surface area (Å²) in [4.78, 5) is 23.9. The minimum absolute atomic E-state index is 0.0115. The predicted octanol–water partition coefficient (Wildman–Crippen LogP) is 3.48. The lowest BCUT2D eigenvalue weighted by Crippen LogP contribution is -2.30. The molecule has 1 unspecified atom stereocenters. The van der Waals surface area contributed by atoms with Crippen molar-refractivity contribution in [1.82, 2.24) is 20.0 Å². The first-order chi connectivity index (χ1) is 11.7. The Hall–Kier alpha value is -2.54. The summed E-state index contributed by atoms with van der Waals surface area (Å²) in [5.41, 5.74) is 0.904. The maximum absolute atomic E-state index is 12.7. The van der Waals surface area contributed by atoms with Gasteiger partial charge in [-0.3, -0.25) is 4.79 Å². The number of nitrogens with zero attached hydrogens (tertiary/aromatic N) is 4. The lowest BCUT2D eigenvalue weighted by Gasteiger charge is -2.20. The lowest BCUT2D eigenvalue weighted by atomic mass is 10.2. The third-order valence-corrected chi connectivity index (χ3v) is 5.01. The highest BCUT2D eigenvalue weighted by molar-refractivity contribution is 7.13. The summed E-state index contributed by atoms with van der Waals surface area (Å²) in [5.74, 6) is 1.04. The van der Waals surface area contributed by atoms with Crippen molar-refractivity contribution < 1.29 is 9.32 Å². The van der Waals surface area contributed by atoms with Crippen molar-refractivity contribution in [3.05, 3.63) is 52.3 Å². The summed E-state index contributed by atoms with van der Waals surface area (Å²) in [6.45, 7) is 2.59. The quantitative estimate of drug-likeness (QED) is 0.730. The fourth-order valence-corrected chi connectivity index (χ4v) is 3.68. The number of rotatable bonds is 3. The highest BCUT2D eigenvalue weighted by Crippen LogP contribution is 2.33. The fraction of sp³-hybridized carbons (Fsp3) is 0.294. The molecule has 1 aromatic carbocycles. The monoisotopic (exact) mass is 340 g/mol. The van der Waals surface area contributed by atoms with Crippen molar-refractivity contribution >= 4 is 17.2 Å². The first kappa shape index (κ1) is 15.0. The molecule has 1 amide bonds. The van der Waals surface area contributed by atoms with Crippen LogP contribution < -0.4 is 0 Å². The molecule has 1 aliphatic rings. The number of amides is 1. The van der Waals surface area contributed by atoms with Crippen LogP contribution in [0.3, 0.4) is 0 Å². The number of likely N-dealkylation sites (tertiary alicyclic amines) is 1. The van der Waals surface area contributed by atoms with Crippen molar-refractivity contribution in [2.45, 2.75) is 25.8 Å². The molecule has 122 valence electrons. The van der Waals surface area contributed by atoms with Crippen molar-refractivity contribution in [3.8, 4) is 11.4 Å². The van der Waals surface area contributed by atoms with Gasteiger partial charge in [0.1, 0.15) is 10.9 Å². The maximum atomic E-state index is 12.7. The molecule has 0 N–H and O–H groups in total. The van der Waals surface area contributed by atoms with Gasteiger partial charge in [-0.1, -0.05) is 35.5 Å². The molecule has 3 aromatic rings. The van der Waals surface area contributed by atoms with Gasteiger partial charge in [-0.2, -0.15) is 4.98 Å². The predicted molar refractivity (Wildman–Crippen MR) is 89.6 cm³/mol. The molecule has 4 rings (SSSR count). The molecule has 0 bridgehead atoms. The van der Waals surface area contributed by atoms with Gasteiger partial charge in [0, 0.05) is 12.1 Å². The Bertz CT molecular complexity index is 858. The normalized spacial score (nSPS) is 17.4. The third-order valence-electron chi connectivity index (χ3n) is 4.10. The number of aryl methyl sites for hydroxylation is 1. The van der Waals surface area contributed by atoms with Crippen LogP contribution in [0.25, 0.3) is 11.4 Å². The summed E-state index contributed by atoms with van der Waals surface area (Å²) in [6, 6.07) is 9.52. The first-order valence-corrected chi connectivity index (χ1v) is 8.66. The average Bonchev–Trinajstić information content (AvgIpc) is 3.34. The van der Waals surface area contributed by atoms with Crippen LogP contribution in [-0.4, -0.2) is 32.5 Å². The molecule has 0 saturated carbocycles. The van der Waals surface area contributed by atoms with E-state index < -0.39 is 0 Å². The van der Waals surface area contributed by atoms with Crippen LogP contribution in [-0.2, 0) is 0 Å². The number of benzene rings is 1. The molecular formula is C17H16N4O2S. The van der Waals surface area contributed by atoms with E-state index in [4.69, 9.17) is 4.52 Å². The van der Waals surface area contributed by atoms with Crippen LogP contribution in [0.4, 0.5) is 0 Å². The van der Waals surface area contributed by atoms with Gasteiger partial charge >= 0.3 is 0 Å². The minimum atomic E-state index is -0.162. The second-order valence-corrected chi connectivity index (χ2v) is 6.96. The topological polar surface area (TPSA) is 72.1 Å². The van der Waals surface area contributed by atoms with Gasteiger partial charge in [0.25, 0.3) is 5.91 Å². The molecule has 2 aromatic heterocycles. The molecule has 3 heterocycles. The van der Waals surface area contributed by atoms with E-state index in [0.29, 0.717) is 23.1 Å². The van der Waals surface area contributed by atoms with Crippen LogP contribution in [0.15, 0.2) is 41.1 Å². The van der Waals surface area contributed by atoms with Crippen LogP contribution in [0.5, 0.6) is 0 Å².